The smallest absolute Gasteiger partial charge is 0.0467 e. The molecule has 0 saturated carbocycles. The lowest BCUT2D eigenvalue weighted by Crippen LogP contribution is -2.10. The lowest BCUT2D eigenvalue weighted by atomic mass is 9.93. The van der Waals surface area contributed by atoms with Crippen LogP contribution in [-0.2, 0) is 0 Å². The number of rotatable bonds is 8. The zero-order valence-electron chi connectivity index (χ0n) is 31.5. The van der Waals surface area contributed by atoms with Gasteiger partial charge in [-0.3, -0.25) is 0 Å². The van der Waals surface area contributed by atoms with Crippen LogP contribution >= 0.6 is 0 Å². The summed E-state index contributed by atoms with van der Waals surface area (Å²) < 4.78 is 0. The van der Waals surface area contributed by atoms with E-state index in [1.807, 2.05) is 0 Å². The van der Waals surface area contributed by atoms with Crippen molar-refractivity contribution in [1.82, 2.24) is 0 Å². The summed E-state index contributed by atoms with van der Waals surface area (Å²) in [5.74, 6) is 0. The van der Waals surface area contributed by atoms with Gasteiger partial charge < -0.3 is 4.90 Å². The molecular weight excluding hydrogens is 687 g/mol. The SMILES string of the molecule is c1ccc(-c2ccc(-c3cccc(N(c4ccc(-c5cccc(-c6ccccc6)c5)cc4)c4ccc(-c5cc6ccccc6c6ccccc56)cc4)c3)cc2)cc1. The molecule has 0 radical (unpaired) electrons. The third-order valence-corrected chi connectivity index (χ3v) is 11.1. The van der Waals surface area contributed by atoms with Crippen LogP contribution in [0, 0.1) is 0 Å². The highest BCUT2D eigenvalue weighted by molar-refractivity contribution is 6.13. The van der Waals surface area contributed by atoms with Gasteiger partial charge in [0.25, 0.3) is 0 Å². The van der Waals surface area contributed by atoms with Gasteiger partial charge in [0.1, 0.15) is 0 Å². The van der Waals surface area contributed by atoms with Crippen molar-refractivity contribution in [2.45, 2.75) is 0 Å². The number of benzene rings is 10. The molecule has 1 heteroatoms. The summed E-state index contributed by atoms with van der Waals surface area (Å²) in [6, 6.07) is 85.6. The lowest BCUT2D eigenvalue weighted by Gasteiger charge is -2.26. The maximum Gasteiger partial charge on any atom is 0.0467 e. The molecule has 0 fully saturated rings. The van der Waals surface area contributed by atoms with Crippen LogP contribution in [0.15, 0.2) is 237 Å². The van der Waals surface area contributed by atoms with Gasteiger partial charge in [0.05, 0.1) is 0 Å². The van der Waals surface area contributed by atoms with Crippen molar-refractivity contribution in [3.05, 3.63) is 237 Å². The summed E-state index contributed by atoms with van der Waals surface area (Å²) in [4.78, 5) is 2.37. The molecule has 0 spiro atoms. The molecule has 0 aliphatic carbocycles. The first kappa shape index (κ1) is 34.0. The number of hydrogen-bond donors (Lipinski definition) is 0. The molecule has 0 bridgehead atoms. The fourth-order valence-corrected chi connectivity index (χ4v) is 8.15. The molecule has 10 aromatic carbocycles. The minimum absolute atomic E-state index is 1.10. The number of anilines is 3. The van der Waals surface area contributed by atoms with Crippen molar-refractivity contribution in [2.75, 3.05) is 4.90 Å². The van der Waals surface area contributed by atoms with Crippen molar-refractivity contribution in [1.29, 1.82) is 0 Å². The summed E-state index contributed by atoms with van der Waals surface area (Å²) in [6.45, 7) is 0. The molecule has 10 rings (SSSR count). The Hall–Kier alpha value is -7.48. The Labute approximate surface area is 334 Å². The van der Waals surface area contributed by atoms with E-state index in [2.05, 4.69) is 241 Å². The van der Waals surface area contributed by atoms with Crippen molar-refractivity contribution < 1.29 is 0 Å². The van der Waals surface area contributed by atoms with Gasteiger partial charge >= 0.3 is 0 Å². The van der Waals surface area contributed by atoms with Gasteiger partial charge in [0.15, 0.2) is 0 Å². The monoisotopic (exact) mass is 725 g/mol. The molecule has 0 atom stereocenters. The highest BCUT2D eigenvalue weighted by atomic mass is 15.1. The first-order valence-electron chi connectivity index (χ1n) is 19.6. The number of fused-ring (bicyclic) bond motifs is 3. The van der Waals surface area contributed by atoms with Crippen LogP contribution in [-0.4, -0.2) is 0 Å². The van der Waals surface area contributed by atoms with Crippen LogP contribution in [0.2, 0.25) is 0 Å². The molecule has 0 unspecified atom stereocenters. The highest BCUT2D eigenvalue weighted by Gasteiger charge is 2.16. The predicted molar refractivity (Wildman–Crippen MR) is 243 cm³/mol. The Morgan fingerprint density at radius 3 is 1.23 bits per heavy atom. The van der Waals surface area contributed by atoms with Crippen LogP contribution in [0.4, 0.5) is 17.1 Å². The largest absolute Gasteiger partial charge is 0.310 e. The third kappa shape index (κ3) is 6.77. The first-order valence-corrected chi connectivity index (χ1v) is 19.6. The van der Waals surface area contributed by atoms with E-state index in [1.54, 1.807) is 0 Å². The van der Waals surface area contributed by atoms with Gasteiger partial charge in [-0.2, -0.15) is 0 Å². The molecule has 0 amide bonds. The quantitative estimate of drug-likeness (QED) is 0.141. The molecule has 268 valence electrons. The van der Waals surface area contributed by atoms with E-state index in [0.717, 1.165) is 17.1 Å². The van der Waals surface area contributed by atoms with E-state index in [0.29, 0.717) is 0 Å². The maximum atomic E-state index is 2.37. The molecule has 0 N–H and O–H groups in total. The molecule has 1 nitrogen and oxygen atoms in total. The summed E-state index contributed by atoms with van der Waals surface area (Å²) >= 11 is 0. The zero-order chi connectivity index (χ0) is 38.0. The van der Waals surface area contributed by atoms with Gasteiger partial charge in [0.2, 0.25) is 0 Å². The molecule has 0 aliphatic heterocycles. The van der Waals surface area contributed by atoms with Crippen molar-refractivity contribution in [2.24, 2.45) is 0 Å². The second-order valence-corrected chi connectivity index (χ2v) is 14.6. The van der Waals surface area contributed by atoms with Crippen LogP contribution < -0.4 is 4.90 Å². The molecule has 57 heavy (non-hydrogen) atoms. The maximum absolute atomic E-state index is 2.37. The Morgan fingerprint density at radius 2 is 0.614 bits per heavy atom. The van der Waals surface area contributed by atoms with E-state index in [4.69, 9.17) is 0 Å². The number of hydrogen-bond acceptors (Lipinski definition) is 1. The Morgan fingerprint density at radius 1 is 0.211 bits per heavy atom. The molecule has 0 saturated heterocycles. The van der Waals surface area contributed by atoms with Crippen LogP contribution in [0.25, 0.3) is 77.2 Å². The summed E-state index contributed by atoms with van der Waals surface area (Å²) in [6.07, 6.45) is 0. The van der Waals surface area contributed by atoms with E-state index in [-0.39, 0.29) is 0 Å². The Bertz CT molecular complexity index is 2970. The van der Waals surface area contributed by atoms with E-state index in [9.17, 15) is 0 Å². The molecular formula is C56H39N. The van der Waals surface area contributed by atoms with Crippen molar-refractivity contribution in [3.8, 4) is 55.6 Å². The van der Waals surface area contributed by atoms with Crippen LogP contribution in [0.3, 0.4) is 0 Å². The molecule has 10 aromatic rings. The predicted octanol–water partition coefficient (Wildman–Crippen LogP) is 15.8. The van der Waals surface area contributed by atoms with Gasteiger partial charge in [-0.15, -0.1) is 0 Å². The molecule has 0 aromatic heterocycles. The zero-order valence-corrected chi connectivity index (χ0v) is 31.5. The fourth-order valence-electron chi connectivity index (χ4n) is 8.15. The Kier molecular flexibility index (Phi) is 8.95. The minimum atomic E-state index is 1.10. The first-order chi connectivity index (χ1) is 28.2. The standard InChI is InChI=1S/C56H39N/c1-3-13-40(14-4-1)42-25-27-43(28-26-42)48-20-12-21-52(38-48)57(50-33-29-44(30-34-50)47-19-11-18-46(37-47)41-15-5-2-6-16-41)51-35-31-45(32-36-51)56-39-49-17-7-8-22-53(49)54-23-9-10-24-55(54)56/h1-39H. The number of nitrogens with zero attached hydrogens (tertiary/aromatic N) is 1. The van der Waals surface area contributed by atoms with Gasteiger partial charge in [-0.1, -0.05) is 188 Å². The topological polar surface area (TPSA) is 3.24 Å². The lowest BCUT2D eigenvalue weighted by molar-refractivity contribution is 1.28. The summed E-state index contributed by atoms with van der Waals surface area (Å²) in [5.41, 5.74) is 15.3. The fraction of sp³-hybridized carbons (Fsp3) is 0. The van der Waals surface area contributed by atoms with Gasteiger partial charge in [0, 0.05) is 17.1 Å². The third-order valence-electron chi connectivity index (χ3n) is 11.1. The normalized spacial score (nSPS) is 11.2. The summed E-state index contributed by atoms with van der Waals surface area (Å²) in [7, 11) is 0. The van der Waals surface area contributed by atoms with E-state index < -0.39 is 0 Å². The van der Waals surface area contributed by atoms with Gasteiger partial charge in [-0.05, 0) is 126 Å². The molecule has 0 aliphatic rings. The highest BCUT2D eigenvalue weighted by Crippen LogP contribution is 2.40. The van der Waals surface area contributed by atoms with E-state index >= 15 is 0 Å². The minimum Gasteiger partial charge on any atom is -0.310 e. The average Bonchev–Trinajstić information content (AvgIpc) is 3.30. The van der Waals surface area contributed by atoms with Crippen molar-refractivity contribution in [3.63, 3.8) is 0 Å². The van der Waals surface area contributed by atoms with E-state index in [1.165, 1.54) is 77.2 Å². The molecule has 0 heterocycles. The van der Waals surface area contributed by atoms with Gasteiger partial charge in [-0.25, -0.2) is 0 Å². The second-order valence-electron chi connectivity index (χ2n) is 14.6. The Balaban J connectivity index is 1.04. The average molecular weight is 726 g/mol. The summed E-state index contributed by atoms with van der Waals surface area (Å²) in [5, 5.41) is 5.07. The van der Waals surface area contributed by atoms with Crippen molar-refractivity contribution >= 4 is 38.6 Å². The second kappa shape index (κ2) is 15.0. The van der Waals surface area contributed by atoms with Crippen LogP contribution in [0.1, 0.15) is 0 Å². The van der Waals surface area contributed by atoms with Crippen LogP contribution in [0.5, 0.6) is 0 Å².